The fourth-order valence-corrected chi connectivity index (χ4v) is 6.56. The van der Waals surface area contributed by atoms with Crippen LogP contribution in [0.1, 0.15) is 105 Å². The van der Waals surface area contributed by atoms with E-state index in [0.717, 1.165) is 62.7 Å². The number of carbonyl (C=O) groups is 1. The second-order valence-electron chi connectivity index (χ2n) is 12.0. The Hall–Kier alpha value is -1.17. The molecule has 0 amide bonds. The zero-order valence-corrected chi connectivity index (χ0v) is 22.5. The second-order valence-corrected chi connectivity index (χ2v) is 12.0. The number of allylic oxidation sites excluding steroid dienone is 2. The highest BCUT2D eigenvalue weighted by Gasteiger charge is 2.52. The summed E-state index contributed by atoms with van der Waals surface area (Å²) < 4.78 is 11.6. The molecule has 0 spiro atoms. The number of ether oxygens (including phenoxy) is 2. The molecule has 0 aromatic rings. The maximum atomic E-state index is 10.5. The van der Waals surface area contributed by atoms with E-state index in [-0.39, 0.29) is 30.8 Å². The van der Waals surface area contributed by atoms with E-state index in [2.05, 4.69) is 33.8 Å². The molecule has 0 aromatic heterocycles. The van der Waals surface area contributed by atoms with Crippen molar-refractivity contribution in [1.82, 2.24) is 0 Å². The third-order valence-corrected chi connectivity index (χ3v) is 9.13. The van der Waals surface area contributed by atoms with Crippen LogP contribution in [-0.2, 0) is 14.3 Å². The zero-order valence-electron chi connectivity index (χ0n) is 22.5. The average Bonchev–Trinajstić information content (AvgIpc) is 2.79. The van der Waals surface area contributed by atoms with Gasteiger partial charge >= 0.3 is 5.97 Å². The lowest BCUT2D eigenvalue weighted by Crippen LogP contribution is -2.55. The maximum absolute atomic E-state index is 10.5. The molecule has 2 N–H and O–H groups in total. The molecule has 200 valence electrons. The topological polar surface area (TPSA) is 76.0 Å². The van der Waals surface area contributed by atoms with E-state index in [0.29, 0.717) is 11.8 Å². The van der Waals surface area contributed by atoms with Crippen LogP contribution in [0.15, 0.2) is 24.3 Å². The Morgan fingerprint density at radius 3 is 2.49 bits per heavy atom. The number of carboxylic acids is 1. The van der Waals surface area contributed by atoms with E-state index in [4.69, 9.17) is 14.6 Å². The van der Waals surface area contributed by atoms with E-state index in [1.807, 2.05) is 18.2 Å². The smallest absolute Gasteiger partial charge is 0.303 e. The Morgan fingerprint density at radius 2 is 1.89 bits per heavy atom. The SMILES string of the molecule is CC1CCC2CC1C2(C)C.CCCCC[C@H](O)/C=C/[C@H]1O[C@H]2C[C@H](O2)[C@@H]1C/C=C\CCCC(=O)O. The molecule has 5 heteroatoms. The first kappa shape index (κ1) is 28.4. The van der Waals surface area contributed by atoms with Gasteiger partial charge in [0.25, 0.3) is 0 Å². The number of aliphatic hydroxyl groups excluding tert-OH is 1. The van der Waals surface area contributed by atoms with Gasteiger partial charge in [0.2, 0.25) is 0 Å². The Labute approximate surface area is 213 Å². The molecule has 6 fully saturated rings. The lowest BCUT2D eigenvalue weighted by atomic mass is 9.46. The summed E-state index contributed by atoms with van der Waals surface area (Å²) in [5, 5.41) is 18.7. The molecule has 0 radical (unpaired) electrons. The molecule has 3 unspecified atom stereocenters. The summed E-state index contributed by atoms with van der Waals surface area (Å²) in [6.45, 7) is 9.51. The highest BCUT2D eigenvalue weighted by Crippen LogP contribution is 2.61. The van der Waals surface area contributed by atoms with E-state index < -0.39 is 12.1 Å². The van der Waals surface area contributed by atoms with Gasteiger partial charge in [0.1, 0.15) is 0 Å². The fraction of sp³-hybridized carbons (Fsp3) is 0.833. The van der Waals surface area contributed by atoms with Gasteiger partial charge in [-0.2, -0.15) is 0 Å². The first-order valence-electron chi connectivity index (χ1n) is 14.3. The lowest BCUT2D eigenvalue weighted by Gasteiger charge is -2.59. The van der Waals surface area contributed by atoms with Crippen LogP contribution in [0, 0.1) is 29.1 Å². The number of carboxylic acid groups (broad SMARTS) is 1. The molecule has 6 aliphatic rings. The lowest BCUT2D eigenvalue weighted by molar-refractivity contribution is -0.337. The van der Waals surface area contributed by atoms with E-state index in [1.165, 1.54) is 19.3 Å². The van der Waals surface area contributed by atoms with Gasteiger partial charge < -0.3 is 19.7 Å². The zero-order chi connectivity index (χ0) is 25.4. The minimum Gasteiger partial charge on any atom is -0.481 e. The summed E-state index contributed by atoms with van der Waals surface area (Å²) in [5.41, 5.74) is 0.706. The molecule has 3 aliphatic heterocycles. The number of rotatable bonds is 12. The van der Waals surface area contributed by atoms with Crippen LogP contribution >= 0.6 is 0 Å². The van der Waals surface area contributed by atoms with Gasteiger partial charge in [0.15, 0.2) is 6.29 Å². The Morgan fingerprint density at radius 1 is 1.11 bits per heavy atom. The molecule has 3 saturated heterocycles. The van der Waals surface area contributed by atoms with Gasteiger partial charge in [0.05, 0.1) is 18.3 Å². The van der Waals surface area contributed by atoms with Gasteiger partial charge in [-0.1, -0.05) is 77.7 Å². The van der Waals surface area contributed by atoms with Crippen LogP contribution in [0.4, 0.5) is 0 Å². The van der Waals surface area contributed by atoms with E-state index >= 15 is 0 Å². The summed E-state index contributed by atoms with van der Waals surface area (Å²) in [5.74, 6) is 2.67. The Kier molecular flexibility index (Phi) is 10.9. The fourth-order valence-electron chi connectivity index (χ4n) is 6.56. The van der Waals surface area contributed by atoms with Gasteiger partial charge in [-0.15, -0.1) is 0 Å². The van der Waals surface area contributed by atoms with Crippen molar-refractivity contribution >= 4 is 5.97 Å². The van der Waals surface area contributed by atoms with Crippen molar-refractivity contribution in [3.05, 3.63) is 24.3 Å². The van der Waals surface area contributed by atoms with Crippen LogP contribution in [0.25, 0.3) is 0 Å². The monoisotopic (exact) mass is 490 g/mol. The summed E-state index contributed by atoms with van der Waals surface area (Å²) in [6, 6.07) is 0. The van der Waals surface area contributed by atoms with Crippen molar-refractivity contribution < 1.29 is 24.5 Å². The van der Waals surface area contributed by atoms with Crippen LogP contribution in [-0.4, -0.2) is 40.8 Å². The van der Waals surface area contributed by atoms with Gasteiger partial charge in [-0.25, -0.2) is 0 Å². The number of hydrogen-bond acceptors (Lipinski definition) is 4. The Balaban J connectivity index is 0.000000281. The number of aliphatic hydroxyl groups is 1. The number of aliphatic carboxylic acids is 1. The molecule has 35 heavy (non-hydrogen) atoms. The molecule has 4 bridgehead atoms. The standard InChI is InChI=1S/C20H32O5.C10H18/c1-2-3-6-9-15(21)12-13-17-16(18-14-20(24-17)25-18)10-7-4-5-8-11-19(22)23;1-7-4-5-8-6-9(7)10(8,2)3/h4,7,12-13,15-18,20-21H,2-3,5-6,8-11,14H2,1H3,(H,22,23);7-9H,4-6H2,1-3H3/b7-4-,13-12+;/t15-,16+,17+,18-,20+;/m0./s1. The van der Waals surface area contributed by atoms with Crippen molar-refractivity contribution in [2.45, 2.75) is 129 Å². The quantitative estimate of drug-likeness (QED) is 0.230. The molecule has 8 atom stereocenters. The van der Waals surface area contributed by atoms with Crippen molar-refractivity contribution in [2.75, 3.05) is 0 Å². The minimum atomic E-state index is -0.745. The van der Waals surface area contributed by atoms with Crippen LogP contribution in [0.3, 0.4) is 0 Å². The van der Waals surface area contributed by atoms with Gasteiger partial charge in [-0.3, -0.25) is 4.79 Å². The number of fused-ring (bicyclic) bond motifs is 4. The number of hydrogen-bond donors (Lipinski definition) is 2. The molecular weight excluding hydrogens is 440 g/mol. The highest BCUT2D eigenvalue weighted by molar-refractivity contribution is 5.66. The van der Waals surface area contributed by atoms with Gasteiger partial charge in [0, 0.05) is 18.8 Å². The largest absolute Gasteiger partial charge is 0.481 e. The first-order chi connectivity index (χ1) is 16.7. The molecule has 3 heterocycles. The summed E-state index contributed by atoms with van der Waals surface area (Å²) in [4.78, 5) is 10.5. The summed E-state index contributed by atoms with van der Waals surface area (Å²) in [6.07, 6.45) is 19.9. The van der Waals surface area contributed by atoms with E-state index in [1.54, 1.807) is 0 Å². The molecule has 3 saturated carbocycles. The molecule has 6 rings (SSSR count). The molecule has 0 aromatic carbocycles. The van der Waals surface area contributed by atoms with E-state index in [9.17, 15) is 9.90 Å². The predicted molar refractivity (Wildman–Crippen MR) is 140 cm³/mol. The van der Waals surface area contributed by atoms with Gasteiger partial charge in [-0.05, 0) is 61.7 Å². The third-order valence-electron chi connectivity index (χ3n) is 9.13. The van der Waals surface area contributed by atoms with Crippen LogP contribution < -0.4 is 0 Å². The predicted octanol–water partition coefficient (Wildman–Crippen LogP) is 6.89. The van der Waals surface area contributed by atoms with Crippen LogP contribution in [0.2, 0.25) is 0 Å². The van der Waals surface area contributed by atoms with Crippen molar-refractivity contribution in [3.63, 3.8) is 0 Å². The highest BCUT2D eigenvalue weighted by atomic mass is 16.7. The van der Waals surface area contributed by atoms with Crippen molar-refractivity contribution in [3.8, 4) is 0 Å². The van der Waals surface area contributed by atoms with Crippen LogP contribution in [0.5, 0.6) is 0 Å². The second kappa shape index (κ2) is 13.4. The maximum Gasteiger partial charge on any atom is 0.303 e. The molecular formula is C30H50O5. The first-order valence-corrected chi connectivity index (χ1v) is 14.3. The summed E-state index contributed by atoms with van der Waals surface area (Å²) >= 11 is 0. The molecule has 5 nitrogen and oxygen atoms in total. The third kappa shape index (κ3) is 7.90. The summed E-state index contributed by atoms with van der Waals surface area (Å²) in [7, 11) is 0. The van der Waals surface area contributed by atoms with Crippen molar-refractivity contribution in [2.24, 2.45) is 29.1 Å². The minimum absolute atomic E-state index is 0.0120. The Bertz CT molecular complexity index is 706. The normalized spacial score (nSPS) is 35.6. The number of unbranched alkanes of at least 4 members (excludes halogenated alkanes) is 3. The average molecular weight is 491 g/mol. The molecule has 3 aliphatic carbocycles. The van der Waals surface area contributed by atoms with Crippen molar-refractivity contribution in [1.29, 1.82) is 0 Å².